The second kappa shape index (κ2) is 7.63. The van der Waals surface area contributed by atoms with E-state index in [0.29, 0.717) is 5.71 Å². The van der Waals surface area contributed by atoms with Crippen molar-refractivity contribution in [1.29, 1.82) is 5.41 Å². The summed E-state index contributed by atoms with van der Waals surface area (Å²) in [5, 5.41) is 7.84. The molecule has 0 atom stereocenters. The van der Waals surface area contributed by atoms with E-state index in [0.717, 1.165) is 50.3 Å². The Hall–Kier alpha value is -2.78. The first kappa shape index (κ1) is 19.5. The van der Waals surface area contributed by atoms with Crippen LogP contribution in [0.15, 0.2) is 59.7 Å². The summed E-state index contributed by atoms with van der Waals surface area (Å²) in [4.78, 5) is 0. The molecular weight excluding hydrogens is 342 g/mol. The molecule has 3 nitrogen and oxygen atoms in total. The molecule has 5 N–H and O–H groups in total. The normalized spacial score (nSPS) is 15.0. The quantitative estimate of drug-likeness (QED) is 0.616. The predicted octanol–water partition coefficient (Wildman–Crippen LogP) is 5.48. The Morgan fingerprint density at radius 1 is 0.923 bits per heavy atom. The average Bonchev–Trinajstić information content (AvgIpc) is 2.57. The van der Waals surface area contributed by atoms with E-state index in [9.17, 15) is 0 Å². The molecule has 3 rings (SSSR count). The number of nitrogens with one attached hydrogen (secondary N) is 1. The van der Waals surface area contributed by atoms with Crippen LogP contribution < -0.4 is 11.5 Å². The van der Waals surface area contributed by atoms with Gasteiger partial charge in [-0.25, -0.2) is 0 Å². The molecule has 0 unspecified atom stereocenters. The van der Waals surface area contributed by atoms with Crippen molar-refractivity contribution < 1.29 is 0 Å². The zero-order valence-corrected chi connectivity index (χ0v) is 16.1. The van der Waals surface area contributed by atoms with E-state index in [2.05, 4.69) is 12.1 Å². The molecule has 26 heavy (non-hydrogen) atoms. The lowest BCUT2D eigenvalue weighted by Crippen LogP contribution is -1.99. The number of nitrogen functional groups attached to an aromatic ring is 2. The monoisotopic (exact) mass is 365 g/mol. The summed E-state index contributed by atoms with van der Waals surface area (Å²) in [5.41, 5.74) is 21.8. The Kier molecular flexibility index (Phi) is 5.73. The number of hydrogen-bond acceptors (Lipinski definition) is 3. The van der Waals surface area contributed by atoms with E-state index in [1.54, 1.807) is 0 Å². The van der Waals surface area contributed by atoms with Gasteiger partial charge in [0.05, 0.1) is 5.71 Å². The maximum Gasteiger partial charge on any atom is 0.0569 e. The summed E-state index contributed by atoms with van der Waals surface area (Å²) in [5.74, 6) is 0. The van der Waals surface area contributed by atoms with Crippen LogP contribution >= 0.6 is 12.4 Å². The van der Waals surface area contributed by atoms with Crippen molar-refractivity contribution in [2.24, 2.45) is 0 Å². The van der Waals surface area contributed by atoms with Crippen molar-refractivity contribution in [3.8, 4) is 11.1 Å². The number of nitrogens with two attached hydrogens (primary N) is 2. The highest BCUT2D eigenvalue weighted by Crippen LogP contribution is 2.34. The molecule has 1 aliphatic carbocycles. The molecule has 0 heterocycles. The van der Waals surface area contributed by atoms with E-state index in [1.165, 1.54) is 0 Å². The Bertz CT molecular complexity index is 966. The molecule has 0 aliphatic heterocycles. The molecule has 0 spiro atoms. The third-order valence-corrected chi connectivity index (χ3v) is 4.67. The second-order valence-corrected chi connectivity index (χ2v) is 6.53. The number of benzene rings is 2. The topological polar surface area (TPSA) is 75.9 Å². The van der Waals surface area contributed by atoms with Gasteiger partial charge in [-0.05, 0) is 96.2 Å². The van der Waals surface area contributed by atoms with Crippen LogP contribution in [0.4, 0.5) is 11.4 Å². The SMILES string of the molecule is CC1=CC(=Cc2ccc(N)c(C)c2-c2ccc(N)c(C)c2)C=CC1=N.Cl. The summed E-state index contributed by atoms with van der Waals surface area (Å²) in [6.07, 6.45) is 7.98. The fourth-order valence-electron chi connectivity index (χ4n) is 3.04. The van der Waals surface area contributed by atoms with Gasteiger partial charge >= 0.3 is 0 Å². The van der Waals surface area contributed by atoms with Gasteiger partial charge in [-0.2, -0.15) is 0 Å². The van der Waals surface area contributed by atoms with Crippen LogP contribution in [0.2, 0.25) is 0 Å². The van der Waals surface area contributed by atoms with Crippen LogP contribution in [-0.4, -0.2) is 5.71 Å². The van der Waals surface area contributed by atoms with Gasteiger partial charge < -0.3 is 16.9 Å². The molecule has 0 saturated heterocycles. The van der Waals surface area contributed by atoms with E-state index in [-0.39, 0.29) is 12.4 Å². The molecule has 2 aromatic rings. The summed E-state index contributed by atoms with van der Waals surface area (Å²) in [6, 6.07) is 10.1. The molecule has 134 valence electrons. The minimum absolute atomic E-state index is 0. The number of rotatable bonds is 2. The van der Waals surface area contributed by atoms with E-state index >= 15 is 0 Å². The standard InChI is InChI=1S/C22H23N3.ClH/c1-13-10-16(4-7-19(13)23)12-18-6-9-21(25)15(3)22(18)17-5-8-20(24)14(2)11-17;/h4-12,23H,24-25H2,1-3H3;1H. The molecule has 4 heteroatoms. The fraction of sp³-hybridized carbons (Fsp3) is 0.136. The summed E-state index contributed by atoms with van der Waals surface area (Å²) >= 11 is 0. The van der Waals surface area contributed by atoms with Crippen LogP contribution in [0.25, 0.3) is 17.2 Å². The van der Waals surface area contributed by atoms with E-state index in [1.807, 2.05) is 63.3 Å². The lowest BCUT2D eigenvalue weighted by molar-refractivity contribution is 1.41. The summed E-state index contributed by atoms with van der Waals surface area (Å²) in [6.45, 7) is 6.02. The molecule has 1 aliphatic rings. The molecule has 0 aromatic heterocycles. The summed E-state index contributed by atoms with van der Waals surface area (Å²) in [7, 11) is 0. The average molecular weight is 366 g/mol. The first-order valence-electron chi connectivity index (χ1n) is 8.29. The number of hydrogen-bond donors (Lipinski definition) is 3. The third kappa shape index (κ3) is 3.73. The van der Waals surface area contributed by atoms with Crippen molar-refractivity contribution >= 4 is 35.6 Å². The number of anilines is 2. The van der Waals surface area contributed by atoms with Crippen molar-refractivity contribution in [2.75, 3.05) is 11.5 Å². The van der Waals surface area contributed by atoms with Crippen LogP contribution in [0, 0.1) is 19.3 Å². The molecule has 0 saturated carbocycles. The zero-order valence-electron chi connectivity index (χ0n) is 15.3. The highest BCUT2D eigenvalue weighted by atomic mass is 35.5. The van der Waals surface area contributed by atoms with Gasteiger partial charge in [0.2, 0.25) is 0 Å². The highest BCUT2D eigenvalue weighted by molar-refractivity contribution is 6.08. The predicted molar refractivity (Wildman–Crippen MR) is 116 cm³/mol. The first-order chi connectivity index (χ1) is 11.9. The molecule has 2 aromatic carbocycles. The van der Waals surface area contributed by atoms with Crippen LogP contribution in [0.5, 0.6) is 0 Å². The van der Waals surface area contributed by atoms with Crippen molar-refractivity contribution in [2.45, 2.75) is 20.8 Å². The highest BCUT2D eigenvalue weighted by Gasteiger charge is 2.12. The maximum atomic E-state index is 7.84. The van der Waals surface area contributed by atoms with Gasteiger partial charge in [-0.1, -0.05) is 18.2 Å². The molecule has 0 amide bonds. The maximum absolute atomic E-state index is 7.84. The fourth-order valence-corrected chi connectivity index (χ4v) is 3.04. The van der Waals surface area contributed by atoms with E-state index < -0.39 is 0 Å². The van der Waals surface area contributed by atoms with Gasteiger partial charge in [-0.3, -0.25) is 0 Å². The van der Waals surface area contributed by atoms with E-state index in [4.69, 9.17) is 16.9 Å². The van der Waals surface area contributed by atoms with Gasteiger partial charge in [0, 0.05) is 11.4 Å². The number of allylic oxidation sites excluding steroid dienone is 5. The molecule has 0 radical (unpaired) electrons. The van der Waals surface area contributed by atoms with Crippen LogP contribution in [0.1, 0.15) is 23.6 Å². The van der Waals surface area contributed by atoms with Gasteiger partial charge in [0.25, 0.3) is 0 Å². The smallest absolute Gasteiger partial charge is 0.0569 e. The lowest BCUT2D eigenvalue weighted by Gasteiger charge is -2.15. The third-order valence-electron chi connectivity index (χ3n) is 4.67. The van der Waals surface area contributed by atoms with Crippen LogP contribution in [-0.2, 0) is 0 Å². The van der Waals surface area contributed by atoms with Crippen LogP contribution in [0.3, 0.4) is 0 Å². The molecule has 0 fully saturated rings. The number of halogens is 1. The van der Waals surface area contributed by atoms with Crippen molar-refractivity contribution in [3.05, 3.63) is 76.4 Å². The van der Waals surface area contributed by atoms with Crippen molar-refractivity contribution in [3.63, 3.8) is 0 Å². The lowest BCUT2D eigenvalue weighted by atomic mass is 9.90. The molecular formula is C22H24ClN3. The van der Waals surface area contributed by atoms with Gasteiger partial charge in [-0.15, -0.1) is 12.4 Å². The van der Waals surface area contributed by atoms with Gasteiger partial charge in [0.15, 0.2) is 0 Å². The zero-order chi connectivity index (χ0) is 18.1. The largest absolute Gasteiger partial charge is 0.399 e. The summed E-state index contributed by atoms with van der Waals surface area (Å²) < 4.78 is 0. The minimum atomic E-state index is 0. The number of aryl methyl sites for hydroxylation is 1. The Labute approximate surface area is 161 Å². The Balaban J connectivity index is 0.00000243. The Morgan fingerprint density at radius 3 is 2.27 bits per heavy atom. The Morgan fingerprint density at radius 2 is 1.62 bits per heavy atom. The first-order valence-corrected chi connectivity index (χ1v) is 8.29. The van der Waals surface area contributed by atoms with Crippen molar-refractivity contribution in [1.82, 2.24) is 0 Å². The molecule has 0 bridgehead atoms. The second-order valence-electron chi connectivity index (χ2n) is 6.53. The minimum Gasteiger partial charge on any atom is -0.399 e. The van der Waals surface area contributed by atoms with Gasteiger partial charge in [0.1, 0.15) is 0 Å².